The van der Waals surface area contributed by atoms with Crippen LogP contribution >= 0.6 is 27.5 Å². The average Bonchev–Trinajstić information content (AvgIpc) is 2.36. The van der Waals surface area contributed by atoms with E-state index >= 15 is 0 Å². The average molecular weight is 341 g/mol. The van der Waals surface area contributed by atoms with Crippen LogP contribution in [0.4, 0.5) is 0 Å². The topological polar surface area (TPSA) is 35.2 Å². The maximum atomic E-state index is 6.30. The van der Waals surface area contributed by atoms with Crippen LogP contribution in [0.2, 0.25) is 5.02 Å². The SMILES string of the molecule is COc1ccc(C(N)c2cc(C)cc(Br)c2)c(Cl)c1. The Morgan fingerprint density at radius 2 is 1.95 bits per heavy atom. The molecule has 19 heavy (non-hydrogen) atoms. The second-order valence-corrected chi connectivity index (χ2v) is 5.75. The first-order valence-corrected chi connectivity index (χ1v) is 7.04. The van der Waals surface area contributed by atoms with Gasteiger partial charge in [-0.25, -0.2) is 0 Å². The zero-order chi connectivity index (χ0) is 14.0. The van der Waals surface area contributed by atoms with Crippen LogP contribution in [-0.2, 0) is 0 Å². The molecule has 0 fully saturated rings. The predicted octanol–water partition coefficient (Wildman–Crippen LogP) is 4.47. The van der Waals surface area contributed by atoms with E-state index in [4.69, 9.17) is 22.1 Å². The molecule has 2 rings (SSSR count). The van der Waals surface area contributed by atoms with Gasteiger partial charge in [0.05, 0.1) is 13.2 Å². The fourth-order valence-corrected chi connectivity index (χ4v) is 2.92. The van der Waals surface area contributed by atoms with Gasteiger partial charge in [-0.15, -0.1) is 0 Å². The number of ether oxygens (including phenoxy) is 1. The van der Waals surface area contributed by atoms with Crippen molar-refractivity contribution < 1.29 is 4.74 Å². The molecule has 0 spiro atoms. The van der Waals surface area contributed by atoms with Crippen molar-refractivity contribution in [2.24, 2.45) is 5.73 Å². The standard InChI is InChI=1S/C15H15BrClNO/c1-9-5-10(7-11(16)6-9)15(18)13-4-3-12(19-2)8-14(13)17/h3-8,15H,18H2,1-2H3. The first-order chi connectivity index (χ1) is 9.01. The Bertz CT molecular complexity index is 580. The van der Waals surface area contributed by atoms with E-state index < -0.39 is 0 Å². The number of rotatable bonds is 3. The summed E-state index contributed by atoms with van der Waals surface area (Å²) in [7, 11) is 1.61. The van der Waals surface area contributed by atoms with Crippen LogP contribution in [0.3, 0.4) is 0 Å². The predicted molar refractivity (Wildman–Crippen MR) is 82.9 cm³/mol. The molecular formula is C15H15BrClNO. The summed E-state index contributed by atoms with van der Waals surface area (Å²) in [6.07, 6.45) is 0. The molecule has 0 saturated heterocycles. The van der Waals surface area contributed by atoms with Crippen molar-refractivity contribution >= 4 is 27.5 Å². The smallest absolute Gasteiger partial charge is 0.120 e. The molecule has 2 aromatic carbocycles. The lowest BCUT2D eigenvalue weighted by atomic mass is 9.98. The van der Waals surface area contributed by atoms with Gasteiger partial charge >= 0.3 is 0 Å². The van der Waals surface area contributed by atoms with Gasteiger partial charge in [-0.3, -0.25) is 0 Å². The van der Waals surface area contributed by atoms with Crippen molar-refractivity contribution in [2.75, 3.05) is 7.11 Å². The van der Waals surface area contributed by atoms with Gasteiger partial charge in [0.2, 0.25) is 0 Å². The zero-order valence-electron chi connectivity index (χ0n) is 10.8. The number of hydrogen-bond acceptors (Lipinski definition) is 2. The van der Waals surface area contributed by atoms with E-state index in [0.29, 0.717) is 5.02 Å². The van der Waals surface area contributed by atoms with Crippen molar-refractivity contribution in [2.45, 2.75) is 13.0 Å². The highest BCUT2D eigenvalue weighted by Gasteiger charge is 2.14. The molecule has 0 bridgehead atoms. The summed E-state index contributed by atoms with van der Waals surface area (Å²) in [4.78, 5) is 0. The first kappa shape index (κ1) is 14.4. The first-order valence-electron chi connectivity index (χ1n) is 5.87. The van der Waals surface area contributed by atoms with Gasteiger partial charge in [0.15, 0.2) is 0 Å². The number of hydrogen-bond donors (Lipinski definition) is 1. The van der Waals surface area contributed by atoms with Crippen LogP contribution in [0.1, 0.15) is 22.7 Å². The van der Waals surface area contributed by atoms with Crippen LogP contribution in [-0.4, -0.2) is 7.11 Å². The fraction of sp³-hybridized carbons (Fsp3) is 0.200. The minimum atomic E-state index is -0.255. The zero-order valence-corrected chi connectivity index (χ0v) is 13.1. The minimum absolute atomic E-state index is 0.255. The molecule has 1 atom stereocenters. The molecule has 0 aliphatic carbocycles. The monoisotopic (exact) mass is 339 g/mol. The summed E-state index contributed by atoms with van der Waals surface area (Å²) in [5.74, 6) is 0.728. The van der Waals surface area contributed by atoms with Crippen molar-refractivity contribution in [3.05, 3.63) is 62.6 Å². The number of halogens is 2. The highest BCUT2D eigenvalue weighted by molar-refractivity contribution is 9.10. The largest absolute Gasteiger partial charge is 0.497 e. The van der Waals surface area contributed by atoms with Gasteiger partial charge in [0, 0.05) is 9.50 Å². The Morgan fingerprint density at radius 1 is 1.21 bits per heavy atom. The lowest BCUT2D eigenvalue weighted by molar-refractivity contribution is 0.414. The van der Waals surface area contributed by atoms with E-state index in [1.807, 2.05) is 31.2 Å². The maximum Gasteiger partial charge on any atom is 0.120 e. The molecule has 0 heterocycles. The number of nitrogens with two attached hydrogens (primary N) is 1. The Kier molecular flexibility index (Phi) is 4.50. The molecule has 100 valence electrons. The molecule has 0 radical (unpaired) electrons. The summed E-state index contributed by atoms with van der Waals surface area (Å²) in [5, 5.41) is 0.615. The quantitative estimate of drug-likeness (QED) is 0.895. The second kappa shape index (κ2) is 5.95. The molecule has 2 nitrogen and oxygen atoms in total. The number of aryl methyl sites for hydroxylation is 1. The molecule has 0 aromatic heterocycles. The van der Waals surface area contributed by atoms with Gasteiger partial charge in [-0.2, -0.15) is 0 Å². The van der Waals surface area contributed by atoms with Crippen molar-refractivity contribution in [3.8, 4) is 5.75 Å². The van der Waals surface area contributed by atoms with E-state index in [1.54, 1.807) is 13.2 Å². The Balaban J connectivity index is 2.40. The summed E-state index contributed by atoms with van der Waals surface area (Å²) in [6.45, 7) is 2.04. The highest BCUT2D eigenvalue weighted by Crippen LogP contribution is 2.31. The Hall–Kier alpha value is -1.03. The van der Waals surface area contributed by atoms with E-state index in [0.717, 1.165) is 26.9 Å². The van der Waals surface area contributed by atoms with Crippen molar-refractivity contribution in [3.63, 3.8) is 0 Å². The third-order valence-electron chi connectivity index (χ3n) is 2.97. The summed E-state index contributed by atoms with van der Waals surface area (Å²) >= 11 is 9.75. The summed E-state index contributed by atoms with van der Waals surface area (Å²) in [5.41, 5.74) is 9.37. The van der Waals surface area contributed by atoms with Crippen molar-refractivity contribution in [1.29, 1.82) is 0 Å². The summed E-state index contributed by atoms with van der Waals surface area (Å²) in [6, 6.07) is 11.4. The van der Waals surface area contributed by atoms with Gasteiger partial charge in [0.1, 0.15) is 5.75 Å². The lowest BCUT2D eigenvalue weighted by Gasteiger charge is -2.16. The lowest BCUT2D eigenvalue weighted by Crippen LogP contribution is -2.12. The second-order valence-electron chi connectivity index (χ2n) is 4.43. The highest BCUT2D eigenvalue weighted by atomic mass is 79.9. The molecule has 1 unspecified atom stereocenters. The van der Waals surface area contributed by atoms with Crippen LogP contribution < -0.4 is 10.5 Å². The van der Waals surface area contributed by atoms with E-state index in [1.165, 1.54) is 0 Å². The van der Waals surface area contributed by atoms with Crippen LogP contribution in [0.5, 0.6) is 5.75 Å². The van der Waals surface area contributed by atoms with Gasteiger partial charge in [-0.05, 0) is 47.9 Å². The molecule has 0 aliphatic heterocycles. The van der Waals surface area contributed by atoms with E-state index in [-0.39, 0.29) is 6.04 Å². The molecule has 0 saturated carbocycles. The molecule has 0 aliphatic rings. The number of benzene rings is 2. The van der Waals surface area contributed by atoms with Gasteiger partial charge in [0.25, 0.3) is 0 Å². The summed E-state index contributed by atoms with van der Waals surface area (Å²) < 4.78 is 6.16. The Labute approximate surface area is 126 Å². The fourth-order valence-electron chi connectivity index (χ4n) is 2.01. The maximum absolute atomic E-state index is 6.30. The van der Waals surface area contributed by atoms with Crippen LogP contribution in [0.15, 0.2) is 40.9 Å². The Morgan fingerprint density at radius 3 is 2.53 bits per heavy atom. The van der Waals surface area contributed by atoms with E-state index in [9.17, 15) is 0 Å². The van der Waals surface area contributed by atoms with Gasteiger partial charge in [-0.1, -0.05) is 39.7 Å². The number of methoxy groups -OCH3 is 1. The normalized spacial score (nSPS) is 12.3. The van der Waals surface area contributed by atoms with Crippen molar-refractivity contribution in [1.82, 2.24) is 0 Å². The molecular weight excluding hydrogens is 326 g/mol. The third-order valence-corrected chi connectivity index (χ3v) is 3.75. The molecule has 2 aromatic rings. The van der Waals surface area contributed by atoms with Gasteiger partial charge < -0.3 is 10.5 Å². The van der Waals surface area contributed by atoms with Crippen LogP contribution in [0, 0.1) is 6.92 Å². The third kappa shape index (κ3) is 3.30. The molecule has 0 amide bonds. The van der Waals surface area contributed by atoms with E-state index in [2.05, 4.69) is 22.0 Å². The van der Waals surface area contributed by atoms with Crippen LogP contribution in [0.25, 0.3) is 0 Å². The molecule has 4 heteroatoms. The minimum Gasteiger partial charge on any atom is -0.497 e. The molecule has 2 N–H and O–H groups in total.